The van der Waals surface area contributed by atoms with E-state index in [0.29, 0.717) is 33.3 Å². The summed E-state index contributed by atoms with van der Waals surface area (Å²) in [6.07, 6.45) is 0.142. The first kappa shape index (κ1) is 26.5. The van der Waals surface area contributed by atoms with E-state index < -0.39 is 22.0 Å². The number of carbonyl (C=O) groups excluding carboxylic acids is 1. The van der Waals surface area contributed by atoms with Gasteiger partial charge in [0.15, 0.2) is 0 Å². The fourth-order valence-electron chi connectivity index (χ4n) is 4.05. The highest BCUT2D eigenvalue weighted by Crippen LogP contribution is 2.36. The maximum Gasteiger partial charge on any atom is 0.243 e. The number of rotatable bonds is 9. The molecule has 0 unspecified atom stereocenters. The summed E-state index contributed by atoms with van der Waals surface area (Å²) in [7, 11) is -1.12. The predicted molar refractivity (Wildman–Crippen MR) is 138 cm³/mol. The molecule has 0 aliphatic carbocycles. The Kier molecular flexibility index (Phi) is 8.43. The Morgan fingerprint density at radius 3 is 2.11 bits per heavy atom. The van der Waals surface area contributed by atoms with Crippen LogP contribution < -0.4 is 19.5 Å². The second-order valence-electron chi connectivity index (χ2n) is 8.27. The largest absolute Gasteiger partial charge is 0.495 e. The van der Waals surface area contributed by atoms with Crippen molar-refractivity contribution < 1.29 is 22.7 Å². The molecule has 0 spiro atoms. The van der Waals surface area contributed by atoms with E-state index in [2.05, 4.69) is 10.0 Å². The molecule has 35 heavy (non-hydrogen) atoms. The first-order chi connectivity index (χ1) is 16.6. The lowest BCUT2D eigenvalue weighted by Crippen LogP contribution is -2.45. The lowest BCUT2D eigenvalue weighted by Gasteiger charge is -2.21. The van der Waals surface area contributed by atoms with Gasteiger partial charge in [0.05, 0.1) is 29.8 Å². The van der Waals surface area contributed by atoms with Gasteiger partial charge in [0, 0.05) is 12.1 Å². The molecule has 0 aliphatic rings. The number of hydrogen-bond donors (Lipinski definition) is 2. The van der Waals surface area contributed by atoms with Gasteiger partial charge in [-0.3, -0.25) is 4.79 Å². The summed E-state index contributed by atoms with van der Waals surface area (Å²) in [5.74, 6) is 0.104. The Morgan fingerprint density at radius 1 is 0.943 bits per heavy atom. The standard InChI is InChI=1S/C26H29ClN2O5S/c1-16-11-17(2)25(18(3)12-16)35(31,32)29-22(13-19-9-7-6-8-10-19)26(30)28-21-15-23(33-4)20(27)14-24(21)34-5/h6-12,14-15,22,29H,13H2,1-5H3,(H,28,30)/t22-/m1/s1. The molecule has 7 nitrogen and oxygen atoms in total. The molecular formula is C26H29ClN2O5S. The molecule has 0 fully saturated rings. The van der Waals surface area contributed by atoms with Crippen molar-refractivity contribution in [2.24, 2.45) is 0 Å². The van der Waals surface area contributed by atoms with Crippen molar-refractivity contribution in [3.63, 3.8) is 0 Å². The Hall–Kier alpha value is -3.07. The van der Waals surface area contributed by atoms with Gasteiger partial charge in [0.2, 0.25) is 15.9 Å². The van der Waals surface area contributed by atoms with Crippen LogP contribution in [0.1, 0.15) is 22.3 Å². The van der Waals surface area contributed by atoms with E-state index in [4.69, 9.17) is 21.1 Å². The van der Waals surface area contributed by atoms with Crippen LogP contribution in [0.3, 0.4) is 0 Å². The summed E-state index contributed by atoms with van der Waals surface area (Å²) in [5, 5.41) is 3.08. The van der Waals surface area contributed by atoms with Crippen LogP contribution >= 0.6 is 11.6 Å². The molecular weight excluding hydrogens is 488 g/mol. The molecule has 3 aromatic rings. The van der Waals surface area contributed by atoms with E-state index in [0.717, 1.165) is 11.1 Å². The summed E-state index contributed by atoms with van der Waals surface area (Å²) >= 11 is 6.17. The van der Waals surface area contributed by atoms with Crippen LogP contribution in [0.15, 0.2) is 59.5 Å². The smallest absolute Gasteiger partial charge is 0.243 e. The average molecular weight is 517 g/mol. The van der Waals surface area contributed by atoms with Gasteiger partial charge in [0.25, 0.3) is 0 Å². The van der Waals surface area contributed by atoms with Crippen molar-refractivity contribution in [3.05, 3.63) is 81.9 Å². The predicted octanol–water partition coefficient (Wildman–Crippen LogP) is 4.81. The fourth-order valence-corrected chi connectivity index (χ4v) is 5.93. The van der Waals surface area contributed by atoms with Crippen LogP contribution in [-0.2, 0) is 21.2 Å². The van der Waals surface area contributed by atoms with E-state index in [1.807, 2.05) is 37.3 Å². The minimum Gasteiger partial charge on any atom is -0.495 e. The number of anilines is 1. The Bertz CT molecular complexity index is 1300. The minimum absolute atomic E-state index is 0.142. The van der Waals surface area contributed by atoms with E-state index in [-0.39, 0.29) is 11.3 Å². The summed E-state index contributed by atoms with van der Waals surface area (Å²) < 4.78 is 40.1. The number of methoxy groups -OCH3 is 2. The van der Waals surface area contributed by atoms with Gasteiger partial charge in [-0.1, -0.05) is 59.6 Å². The number of hydrogen-bond acceptors (Lipinski definition) is 5. The van der Waals surface area contributed by atoms with E-state index in [1.165, 1.54) is 26.4 Å². The second-order valence-corrected chi connectivity index (χ2v) is 10.3. The topological polar surface area (TPSA) is 93.7 Å². The SMILES string of the molecule is COc1cc(NC(=O)[C@@H](Cc2ccccc2)NS(=O)(=O)c2c(C)cc(C)cc2C)c(OC)cc1Cl. The fraction of sp³-hybridized carbons (Fsp3) is 0.269. The quantitative estimate of drug-likeness (QED) is 0.425. The third-order valence-corrected chi connectivity index (χ3v) is 7.57. The zero-order valence-corrected chi connectivity index (χ0v) is 21.9. The maximum atomic E-state index is 13.5. The van der Waals surface area contributed by atoms with Crippen molar-refractivity contribution in [1.29, 1.82) is 0 Å². The molecule has 0 aliphatic heterocycles. The molecule has 0 aromatic heterocycles. The van der Waals surface area contributed by atoms with Gasteiger partial charge in [-0.05, 0) is 43.9 Å². The van der Waals surface area contributed by atoms with Crippen molar-refractivity contribution in [3.8, 4) is 11.5 Å². The van der Waals surface area contributed by atoms with Crippen molar-refractivity contribution in [1.82, 2.24) is 4.72 Å². The van der Waals surface area contributed by atoms with Crippen molar-refractivity contribution >= 4 is 33.2 Å². The normalized spacial score (nSPS) is 12.2. The number of benzene rings is 3. The van der Waals surface area contributed by atoms with Gasteiger partial charge in [0.1, 0.15) is 17.5 Å². The van der Waals surface area contributed by atoms with Gasteiger partial charge in [-0.25, -0.2) is 8.42 Å². The van der Waals surface area contributed by atoms with Crippen molar-refractivity contribution in [2.45, 2.75) is 38.1 Å². The van der Waals surface area contributed by atoms with Crippen LogP contribution in [0.2, 0.25) is 5.02 Å². The highest BCUT2D eigenvalue weighted by molar-refractivity contribution is 7.89. The lowest BCUT2D eigenvalue weighted by atomic mass is 10.1. The Balaban J connectivity index is 1.99. The Labute approximate surface area is 211 Å². The molecule has 3 aromatic carbocycles. The molecule has 0 radical (unpaired) electrons. The highest BCUT2D eigenvalue weighted by Gasteiger charge is 2.29. The molecule has 0 saturated heterocycles. The van der Waals surface area contributed by atoms with Crippen LogP contribution in [-0.4, -0.2) is 34.6 Å². The number of ether oxygens (including phenoxy) is 2. The molecule has 1 atom stereocenters. The number of sulfonamides is 1. The zero-order valence-electron chi connectivity index (χ0n) is 20.3. The molecule has 2 N–H and O–H groups in total. The van der Waals surface area contributed by atoms with E-state index in [1.54, 1.807) is 26.0 Å². The van der Waals surface area contributed by atoms with Crippen molar-refractivity contribution in [2.75, 3.05) is 19.5 Å². The van der Waals surface area contributed by atoms with Gasteiger partial charge >= 0.3 is 0 Å². The molecule has 186 valence electrons. The molecule has 0 bridgehead atoms. The summed E-state index contributed by atoms with van der Waals surface area (Å²) in [5.41, 5.74) is 3.28. The number of nitrogens with one attached hydrogen (secondary N) is 2. The van der Waals surface area contributed by atoms with E-state index in [9.17, 15) is 13.2 Å². The molecule has 1 amide bonds. The van der Waals surface area contributed by atoms with Gasteiger partial charge < -0.3 is 14.8 Å². The summed E-state index contributed by atoms with van der Waals surface area (Å²) in [4.78, 5) is 13.6. The highest BCUT2D eigenvalue weighted by atomic mass is 35.5. The first-order valence-corrected chi connectivity index (χ1v) is 12.8. The average Bonchev–Trinajstić information content (AvgIpc) is 2.79. The number of carbonyl (C=O) groups is 1. The molecule has 0 heterocycles. The van der Waals surface area contributed by atoms with Gasteiger partial charge in [-0.2, -0.15) is 4.72 Å². The molecule has 0 saturated carbocycles. The minimum atomic E-state index is -4.02. The van der Waals surface area contributed by atoms with Crippen LogP contribution in [0.5, 0.6) is 11.5 Å². The number of halogens is 1. The maximum absolute atomic E-state index is 13.5. The third-order valence-electron chi connectivity index (χ3n) is 5.50. The first-order valence-electron chi connectivity index (χ1n) is 10.9. The van der Waals surface area contributed by atoms with Crippen LogP contribution in [0.25, 0.3) is 0 Å². The summed E-state index contributed by atoms with van der Waals surface area (Å²) in [6, 6.07) is 14.7. The lowest BCUT2D eigenvalue weighted by molar-refractivity contribution is -0.117. The number of aryl methyl sites for hydroxylation is 3. The van der Waals surface area contributed by atoms with Crippen LogP contribution in [0, 0.1) is 20.8 Å². The Morgan fingerprint density at radius 2 is 1.54 bits per heavy atom. The number of amides is 1. The van der Waals surface area contributed by atoms with Gasteiger partial charge in [-0.15, -0.1) is 0 Å². The molecule has 9 heteroatoms. The summed E-state index contributed by atoms with van der Waals surface area (Å²) in [6.45, 7) is 5.39. The zero-order chi connectivity index (χ0) is 25.8. The second kappa shape index (κ2) is 11.1. The molecule has 3 rings (SSSR count). The van der Waals surface area contributed by atoms with E-state index >= 15 is 0 Å². The van der Waals surface area contributed by atoms with Crippen LogP contribution in [0.4, 0.5) is 5.69 Å². The monoisotopic (exact) mass is 516 g/mol. The third kappa shape index (κ3) is 6.33.